The van der Waals surface area contributed by atoms with E-state index in [9.17, 15) is 8.42 Å². The summed E-state index contributed by atoms with van der Waals surface area (Å²) < 4.78 is 28.0. The fraction of sp³-hybridized carbons (Fsp3) is 1.00. The molecule has 2 aliphatic rings. The van der Waals surface area contributed by atoms with Gasteiger partial charge in [-0.05, 0) is 12.8 Å². The molecule has 0 aromatic carbocycles. The van der Waals surface area contributed by atoms with Crippen molar-refractivity contribution >= 4 is 9.84 Å². The minimum Gasteiger partial charge on any atom is -0.331 e. The first-order chi connectivity index (χ1) is 6.52. The fourth-order valence-corrected chi connectivity index (χ4v) is 3.15. The molecule has 1 aliphatic heterocycles. The molecule has 6 heteroatoms. The lowest BCUT2D eigenvalue weighted by Gasteiger charge is -2.33. The van der Waals surface area contributed by atoms with Crippen molar-refractivity contribution in [2.24, 2.45) is 0 Å². The van der Waals surface area contributed by atoms with Gasteiger partial charge in [0, 0.05) is 19.1 Å². The highest BCUT2D eigenvalue weighted by molar-refractivity contribution is 7.91. The van der Waals surface area contributed by atoms with Crippen LogP contribution in [0.25, 0.3) is 0 Å². The Hall–Kier alpha value is -0.170. The van der Waals surface area contributed by atoms with Crippen LogP contribution in [-0.4, -0.2) is 32.4 Å². The summed E-state index contributed by atoms with van der Waals surface area (Å²) in [5.41, 5.74) is 2.66. The van der Waals surface area contributed by atoms with Gasteiger partial charge in [0.05, 0.1) is 5.25 Å². The molecule has 1 spiro atoms. The van der Waals surface area contributed by atoms with Gasteiger partial charge in [-0.1, -0.05) is 0 Å². The Morgan fingerprint density at radius 1 is 1.36 bits per heavy atom. The Kier molecular flexibility index (Phi) is 2.55. The zero-order valence-corrected chi connectivity index (χ0v) is 8.97. The molecule has 0 amide bonds. The molecular formula is C8H15NO4S. The summed E-state index contributed by atoms with van der Waals surface area (Å²) in [6, 6.07) is 0. The Bertz CT molecular complexity index is 297. The minimum absolute atomic E-state index is 0.221. The zero-order valence-electron chi connectivity index (χ0n) is 8.15. The molecule has 0 aromatic heterocycles. The van der Waals surface area contributed by atoms with Gasteiger partial charge in [0.15, 0.2) is 5.79 Å². The van der Waals surface area contributed by atoms with Crippen LogP contribution >= 0.6 is 0 Å². The van der Waals surface area contributed by atoms with Crippen molar-refractivity contribution in [2.45, 2.75) is 36.7 Å². The number of ether oxygens (including phenoxy) is 1. The van der Waals surface area contributed by atoms with Gasteiger partial charge < -0.3 is 4.74 Å². The zero-order chi connectivity index (χ0) is 10.2. The maximum atomic E-state index is 11.3. The van der Waals surface area contributed by atoms with E-state index in [-0.39, 0.29) is 5.25 Å². The minimum atomic E-state index is -2.90. The second kappa shape index (κ2) is 3.44. The predicted octanol–water partition coefficient (Wildman–Crippen LogP) is 0.179. The summed E-state index contributed by atoms with van der Waals surface area (Å²) in [5.74, 6) is -0.554. The van der Waals surface area contributed by atoms with E-state index in [2.05, 4.69) is 5.48 Å². The number of nitrogens with one attached hydrogen (secondary N) is 1. The van der Waals surface area contributed by atoms with Gasteiger partial charge in [0.2, 0.25) is 0 Å². The van der Waals surface area contributed by atoms with E-state index in [1.165, 1.54) is 6.26 Å². The lowest BCUT2D eigenvalue weighted by molar-refractivity contribution is -0.191. The number of rotatable bonds is 1. The third-order valence-corrected chi connectivity index (χ3v) is 4.63. The summed E-state index contributed by atoms with van der Waals surface area (Å²) in [6.07, 6.45) is 3.85. The SMILES string of the molecule is CS(=O)(=O)C1CCC2(CC1)OCNO2. The fourth-order valence-electron chi connectivity index (χ4n) is 2.06. The second-order valence-electron chi connectivity index (χ2n) is 3.97. The second-order valence-corrected chi connectivity index (χ2v) is 6.30. The smallest absolute Gasteiger partial charge is 0.189 e. The lowest BCUT2D eigenvalue weighted by Crippen LogP contribution is -2.39. The molecule has 1 saturated carbocycles. The molecule has 2 fully saturated rings. The van der Waals surface area contributed by atoms with Gasteiger partial charge in [-0.25, -0.2) is 8.42 Å². The highest BCUT2D eigenvalue weighted by Gasteiger charge is 2.43. The normalized spacial score (nSPS) is 39.1. The Morgan fingerprint density at radius 3 is 2.43 bits per heavy atom. The first kappa shape index (κ1) is 10.4. The molecule has 0 bridgehead atoms. The van der Waals surface area contributed by atoms with Crippen LogP contribution in [0.3, 0.4) is 0 Å². The van der Waals surface area contributed by atoms with Crippen LogP contribution in [-0.2, 0) is 19.4 Å². The topological polar surface area (TPSA) is 64.6 Å². The summed E-state index contributed by atoms with van der Waals surface area (Å²) in [5, 5.41) is -0.221. The first-order valence-electron chi connectivity index (χ1n) is 4.76. The molecule has 0 radical (unpaired) electrons. The van der Waals surface area contributed by atoms with E-state index in [1.54, 1.807) is 0 Å². The standard InChI is InChI=1S/C8H15NO4S/c1-14(10,11)7-2-4-8(5-3-7)12-6-9-13-8/h7,9H,2-6H2,1H3. The largest absolute Gasteiger partial charge is 0.331 e. The highest BCUT2D eigenvalue weighted by Crippen LogP contribution is 2.36. The number of hydroxylamine groups is 1. The third-order valence-electron chi connectivity index (χ3n) is 2.95. The highest BCUT2D eigenvalue weighted by atomic mass is 32.2. The Balaban J connectivity index is 1.98. The summed E-state index contributed by atoms with van der Waals surface area (Å²) in [6.45, 7) is 0.392. The van der Waals surface area contributed by atoms with E-state index in [0.717, 1.165) is 0 Å². The number of sulfone groups is 1. The van der Waals surface area contributed by atoms with Crippen molar-refractivity contribution in [1.29, 1.82) is 0 Å². The molecule has 0 aromatic rings. The van der Waals surface area contributed by atoms with Crippen molar-refractivity contribution in [1.82, 2.24) is 5.48 Å². The molecule has 1 N–H and O–H groups in total. The third kappa shape index (κ3) is 1.93. The lowest BCUT2D eigenvalue weighted by atomic mass is 9.94. The number of hydrogen-bond acceptors (Lipinski definition) is 5. The molecule has 82 valence electrons. The molecule has 1 heterocycles. The summed E-state index contributed by atoms with van der Waals surface area (Å²) in [4.78, 5) is 5.28. The van der Waals surface area contributed by atoms with E-state index in [4.69, 9.17) is 9.57 Å². The molecule has 14 heavy (non-hydrogen) atoms. The van der Waals surface area contributed by atoms with Crippen molar-refractivity contribution in [3.05, 3.63) is 0 Å². The molecule has 0 unspecified atom stereocenters. The number of hydrogen-bond donors (Lipinski definition) is 1. The van der Waals surface area contributed by atoms with E-state index in [0.29, 0.717) is 32.4 Å². The Morgan fingerprint density at radius 2 is 2.00 bits per heavy atom. The quantitative estimate of drug-likeness (QED) is 0.684. The molecule has 1 aliphatic carbocycles. The predicted molar refractivity (Wildman–Crippen MR) is 50.0 cm³/mol. The maximum Gasteiger partial charge on any atom is 0.189 e. The monoisotopic (exact) mass is 221 g/mol. The molecule has 1 saturated heterocycles. The Labute approximate surface area is 83.6 Å². The molecular weight excluding hydrogens is 206 g/mol. The van der Waals surface area contributed by atoms with E-state index < -0.39 is 15.6 Å². The first-order valence-corrected chi connectivity index (χ1v) is 6.71. The average molecular weight is 221 g/mol. The van der Waals surface area contributed by atoms with Crippen LogP contribution in [0.4, 0.5) is 0 Å². The van der Waals surface area contributed by atoms with Gasteiger partial charge in [0.25, 0.3) is 0 Å². The van der Waals surface area contributed by atoms with Crippen molar-refractivity contribution < 1.29 is 18.0 Å². The van der Waals surface area contributed by atoms with Gasteiger partial charge >= 0.3 is 0 Å². The van der Waals surface area contributed by atoms with Crippen LogP contribution < -0.4 is 5.48 Å². The van der Waals surface area contributed by atoms with Crippen LogP contribution in [0, 0.1) is 0 Å². The van der Waals surface area contributed by atoms with E-state index in [1.807, 2.05) is 0 Å². The van der Waals surface area contributed by atoms with Crippen LogP contribution in [0.15, 0.2) is 0 Å². The van der Waals surface area contributed by atoms with Crippen molar-refractivity contribution in [3.63, 3.8) is 0 Å². The van der Waals surface area contributed by atoms with Crippen LogP contribution in [0.1, 0.15) is 25.7 Å². The van der Waals surface area contributed by atoms with Crippen LogP contribution in [0.5, 0.6) is 0 Å². The average Bonchev–Trinajstić information content (AvgIpc) is 2.53. The van der Waals surface area contributed by atoms with Gasteiger partial charge in [-0.15, -0.1) is 0 Å². The molecule has 2 rings (SSSR count). The molecule has 5 nitrogen and oxygen atoms in total. The summed E-state index contributed by atoms with van der Waals surface area (Å²) >= 11 is 0. The van der Waals surface area contributed by atoms with Crippen LogP contribution in [0.2, 0.25) is 0 Å². The van der Waals surface area contributed by atoms with Crippen molar-refractivity contribution in [3.8, 4) is 0 Å². The summed E-state index contributed by atoms with van der Waals surface area (Å²) in [7, 11) is -2.90. The van der Waals surface area contributed by atoms with Crippen molar-refractivity contribution in [2.75, 3.05) is 13.0 Å². The van der Waals surface area contributed by atoms with E-state index >= 15 is 0 Å². The van der Waals surface area contributed by atoms with Gasteiger partial charge in [-0.2, -0.15) is 5.48 Å². The maximum absolute atomic E-state index is 11.3. The molecule has 0 atom stereocenters. The van der Waals surface area contributed by atoms with Gasteiger partial charge in [0.1, 0.15) is 16.6 Å². The van der Waals surface area contributed by atoms with Gasteiger partial charge in [-0.3, -0.25) is 4.84 Å².